The second kappa shape index (κ2) is 5.91. The first-order chi connectivity index (χ1) is 8.69. The molecule has 0 aliphatic heterocycles. The summed E-state index contributed by atoms with van der Waals surface area (Å²) < 4.78 is 25.8. The Hall–Kier alpha value is -1.09. The summed E-state index contributed by atoms with van der Waals surface area (Å²) in [5, 5.41) is 18.1. The van der Waals surface area contributed by atoms with Crippen LogP contribution in [0.3, 0.4) is 0 Å². The fourth-order valence-electron chi connectivity index (χ4n) is 1.15. The number of aliphatic hydroxyl groups is 1. The number of carbonyl (C=O) groups is 1. The highest BCUT2D eigenvalue weighted by molar-refractivity contribution is 7.98. The van der Waals surface area contributed by atoms with Gasteiger partial charge in [-0.1, -0.05) is 0 Å². The van der Waals surface area contributed by atoms with Gasteiger partial charge in [-0.15, -0.1) is 11.8 Å². The zero-order chi connectivity index (χ0) is 14.7. The summed E-state index contributed by atoms with van der Waals surface area (Å²) in [7, 11) is -3.83. The molecule has 0 fully saturated rings. The van der Waals surface area contributed by atoms with Gasteiger partial charge in [0.1, 0.15) is 0 Å². The number of carboxylic acids is 1. The minimum atomic E-state index is -3.83. The van der Waals surface area contributed by atoms with E-state index in [1.54, 1.807) is 12.1 Å². The van der Waals surface area contributed by atoms with E-state index in [0.717, 1.165) is 11.8 Å². The van der Waals surface area contributed by atoms with Gasteiger partial charge in [0.2, 0.25) is 10.0 Å². The first kappa shape index (κ1) is 16.0. The molecule has 0 aliphatic carbocycles. The largest absolute Gasteiger partial charge is 0.479 e. The lowest BCUT2D eigenvalue weighted by atomic mass is 10.1. The zero-order valence-electron chi connectivity index (χ0n) is 10.5. The number of rotatable bonds is 6. The fourth-order valence-corrected chi connectivity index (χ4v) is 2.69. The lowest BCUT2D eigenvalue weighted by molar-refractivity contribution is -0.155. The number of carboxylic acid groups (broad SMARTS) is 1. The molecule has 0 radical (unpaired) electrons. The number of nitrogens with one attached hydrogen (secondary N) is 1. The van der Waals surface area contributed by atoms with Crippen LogP contribution < -0.4 is 4.72 Å². The molecular formula is C11H15NO5S2. The average Bonchev–Trinajstić information content (AvgIpc) is 2.36. The Morgan fingerprint density at radius 1 is 1.37 bits per heavy atom. The van der Waals surface area contributed by atoms with Crippen molar-refractivity contribution in [3.63, 3.8) is 0 Å². The van der Waals surface area contributed by atoms with E-state index in [2.05, 4.69) is 4.72 Å². The summed E-state index contributed by atoms with van der Waals surface area (Å²) in [6.07, 6.45) is 1.87. The molecule has 19 heavy (non-hydrogen) atoms. The van der Waals surface area contributed by atoms with E-state index in [-0.39, 0.29) is 4.90 Å². The SMILES string of the molecule is CSc1ccc(S(=O)(=O)NCC(C)(O)C(=O)O)cc1. The van der Waals surface area contributed by atoms with Gasteiger partial charge in [0.15, 0.2) is 5.60 Å². The molecule has 3 N–H and O–H groups in total. The molecular weight excluding hydrogens is 290 g/mol. The monoisotopic (exact) mass is 305 g/mol. The molecule has 0 spiro atoms. The molecule has 0 amide bonds. The molecule has 0 aliphatic rings. The molecule has 0 aromatic heterocycles. The number of thioether (sulfide) groups is 1. The molecule has 0 saturated carbocycles. The van der Waals surface area contributed by atoms with Crippen molar-refractivity contribution in [1.29, 1.82) is 0 Å². The fraction of sp³-hybridized carbons (Fsp3) is 0.364. The molecule has 1 atom stereocenters. The minimum Gasteiger partial charge on any atom is -0.479 e. The van der Waals surface area contributed by atoms with E-state index in [1.807, 2.05) is 6.26 Å². The predicted octanol–water partition coefficient (Wildman–Crippen LogP) is 0.522. The highest BCUT2D eigenvalue weighted by Gasteiger charge is 2.31. The molecule has 1 aromatic rings. The zero-order valence-corrected chi connectivity index (χ0v) is 12.1. The topological polar surface area (TPSA) is 104 Å². The van der Waals surface area contributed by atoms with Crippen LogP contribution in [0.25, 0.3) is 0 Å². The molecule has 0 bridgehead atoms. The number of benzene rings is 1. The van der Waals surface area contributed by atoms with Crippen molar-refractivity contribution in [2.75, 3.05) is 12.8 Å². The summed E-state index contributed by atoms with van der Waals surface area (Å²) in [4.78, 5) is 11.6. The van der Waals surface area contributed by atoms with Crippen molar-refractivity contribution in [1.82, 2.24) is 4.72 Å². The van der Waals surface area contributed by atoms with Crippen LogP contribution in [0.2, 0.25) is 0 Å². The lowest BCUT2D eigenvalue weighted by Gasteiger charge is -2.18. The van der Waals surface area contributed by atoms with Gasteiger partial charge >= 0.3 is 5.97 Å². The maximum absolute atomic E-state index is 11.9. The number of aliphatic carboxylic acids is 1. The summed E-state index contributed by atoms with van der Waals surface area (Å²) in [5.41, 5.74) is -2.15. The molecule has 106 valence electrons. The van der Waals surface area contributed by atoms with Gasteiger partial charge in [-0.2, -0.15) is 0 Å². The van der Waals surface area contributed by atoms with Crippen LogP contribution in [0.15, 0.2) is 34.1 Å². The number of hydrogen-bond acceptors (Lipinski definition) is 5. The third-order valence-corrected chi connectivity index (χ3v) is 4.60. The molecule has 0 saturated heterocycles. The second-order valence-corrected chi connectivity index (χ2v) is 6.73. The number of hydrogen-bond donors (Lipinski definition) is 3. The Balaban J connectivity index is 2.84. The van der Waals surface area contributed by atoms with Crippen molar-refractivity contribution >= 4 is 27.8 Å². The first-order valence-electron chi connectivity index (χ1n) is 5.28. The third kappa shape index (κ3) is 4.20. The highest BCUT2D eigenvalue weighted by atomic mass is 32.2. The van der Waals surface area contributed by atoms with Gasteiger partial charge < -0.3 is 10.2 Å². The van der Waals surface area contributed by atoms with Crippen molar-refractivity contribution in [2.24, 2.45) is 0 Å². The van der Waals surface area contributed by atoms with Gasteiger partial charge in [0.25, 0.3) is 0 Å². The summed E-state index contributed by atoms with van der Waals surface area (Å²) in [5.74, 6) is -1.49. The quantitative estimate of drug-likeness (QED) is 0.662. The predicted molar refractivity (Wildman–Crippen MR) is 71.7 cm³/mol. The van der Waals surface area contributed by atoms with Gasteiger partial charge in [-0.05, 0) is 37.4 Å². The van der Waals surface area contributed by atoms with Crippen LogP contribution in [-0.2, 0) is 14.8 Å². The van der Waals surface area contributed by atoms with Gasteiger partial charge in [-0.25, -0.2) is 17.9 Å². The third-order valence-electron chi connectivity index (χ3n) is 2.44. The van der Waals surface area contributed by atoms with Crippen LogP contribution >= 0.6 is 11.8 Å². The van der Waals surface area contributed by atoms with Gasteiger partial charge in [0, 0.05) is 4.90 Å². The Morgan fingerprint density at radius 2 is 1.89 bits per heavy atom. The van der Waals surface area contributed by atoms with Crippen LogP contribution in [0, 0.1) is 0 Å². The average molecular weight is 305 g/mol. The van der Waals surface area contributed by atoms with Crippen molar-refractivity contribution < 1.29 is 23.4 Å². The number of sulfonamides is 1. The van der Waals surface area contributed by atoms with E-state index in [4.69, 9.17) is 5.11 Å². The first-order valence-corrected chi connectivity index (χ1v) is 7.99. The molecule has 0 heterocycles. The van der Waals surface area contributed by atoms with E-state index in [0.29, 0.717) is 0 Å². The summed E-state index contributed by atoms with van der Waals surface area (Å²) in [6, 6.07) is 6.14. The standard InChI is InChI=1S/C11H15NO5S2/c1-11(15,10(13)14)7-12-19(16,17)9-5-3-8(18-2)4-6-9/h3-6,12,15H,7H2,1-2H3,(H,13,14). The Bertz CT molecular complexity index is 551. The Labute approximate surface area is 115 Å². The van der Waals surface area contributed by atoms with E-state index in [1.165, 1.54) is 23.9 Å². The van der Waals surface area contributed by atoms with Crippen molar-refractivity contribution in [3.8, 4) is 0 Å². The van der Waals surface area contributed by atoms with Crippen molar-refractivity contribution in [3.05, 3.63) is 24.3 Å². The maximum Gasteiger partial charge on any atom is 0.336 e. The van der Waals surface area contributed by atoms with Gasteiger partial charge in [0.05, 0.1) is 11.4 Å². The van der Waals surface area contributed by atoms with E-state index in [9.17, 15) is 18.3 Å². The molecule has 1 unspecified atom stereocenters. The van der Waals surface area contributed by atoms with Gasteiger partial charge in [-0.3, -0.25) is 0 Å². The van der Waals surface area contributed by atoms with E-state index < -0.39 is 28.1 Å². The Morgan fingerprint density at radius 3 is 2.32 bits per heavy atom. The van der Waals surface area contributed by atoms with Crippen LogP contribution in [0.4, 0.5) is 0 Å². The molecule has 6 nitrogen and oxygen atoms in total. The van der Waals surface area contributed by atoms with Crippen LogP contribution in [-0.4, -0.2) is 43.0 Å². The normalized spacial score (nSPS) is 14.9. The second-order valence-electron chi connectivity index (χ2n) is 4.08. The van der Waals surface area contributed by atoms with Crippen molar-refractivity contribution in [2.45, 2.75) is 22.3 Å². The molecule has 1 aromatic carbocycles. The van der Waals surface area contributed by atoms with Crippen LogP contribution in [0.1, 0.15) is 6.92 Å². The molecule has 1 rings (SSSR count). The Kier molecular flexibility index (Phi) is 4.97. The smallest absolute Gasteiger partial charge is 0.336 e. The summed E-state index contributed by atoms with van der Waals surface area (Å²) in [6.45, 7) is 0.420. The minimum absolute atomic E-state index is 0.0199. The summed E-state index contributed by atoms with van der Waals surface area (Å²) >= 11 is 1.48. The lowest BCUT2D eigenvalue weighted by Crippen LogP contribution is -2.46. The molecule has 8 heteroatoms. The van der Waals surface area contributed by atoms with E-state index >= 15 is 0 Å². The van der Waals surface area contributed by atoms with Crippen LogP contribution in [0.5, 0.6) is 0 Å². The maximum atomic E-state index is 11.9. The highest BCUT2D eigenvalue weighted by Crippen LogP contribution is 2.17.